The number of anilines is 1. The summed E-state index contributed by atoms with van der Waals surface area (Å²) in [5, 5.41) is 11.6. The van der Waals surface area contributed by atoms with E-state index in [1.807, 2.05) is 6.07 Å². The second-order valence-corrected chi connectivity index (χ2v) is 5.53. The third kappa shape index (κ3) is 4.18. The van der Waals surface area contributed by atoms with Crippen molar-refractivity contribution >= 4 is 33.5 Å². The summed E-state index contributed by atoms with van der Waals surface area (Å²) in [4.78, 5) is 24.2. The van der Waals surface area contributed by atoms with E-state index in [1.54, 1.807) is 48.5 Å². The molecular formula is C17H13BrN2O3. The third-order valence-corrected chi connectivity index (χ3v) is 3.74. The number of amides is 1. The minimum absolute atomic E-state index is 0.338. The maximum Gasteiger partial charge on any atom is 0.340 e. The second-order valence-electron chi connectivity index (χ2n) is 4.67. The van der Waals surface area contributed by atoms with Crippen LogP contribution in [0.5, 0.6) is 0 Å². The lowest BCUT2D eigenvalue weighted by Crippen LogP contribution is -2.30. The quantitative estimate of drug-likeness (QED) is 0.832. The smallest absolute Gasteiger partial charge is 0.340 e. The van der Waals surface area contributed by atoms with Gasteiger partial charge in [0, 0.05) is 4.47 Å². The Morgan fingerprint density at radius 1 is 1.17 bits per heavy atom. The van der Waals surface area contributed by atoms with Crippen LogP contribution in [0.15, 0.2) is 53.0 Å². The van der Waals surface area contributed by atoms with Crippen LogP contribution < -0.4 is 5.32 Å². The lowest BCUT2D eigenvalue weighted by Gasteiger charge is -2.14. The molecule has 0 aliphatic rings. The van der Waals surface area contributed by atoms with Crippen molar-refractivity contribution in [2.24, 2.45) is 0 Å². The molecule has 0 aliphatic carbocycles. The van der Waals surface area contributed by atoms with Crippen LogP contribution in [0, 0.1) is 11.3 Å². The van der Waals surface area contributed by atoms with Crippen molar-refractivity contribution in [3.8, 4) is 6.07 Å². The average molecular weight is 373 g/mol. The number of nitrogens with one attached hydrogen (secondary N) is 1. The molecule has 2 aromatic rings. The number of carbonyl (C=O) groups is 2. The van der Waals surface area contributed by atoms with Crippen LogP contribution in [0.2, 0.25) is 0 Å². The Morgan fingerprint density at radius 2 is 1.83 bits per heavy atom. The first-order valence-corrected chi connectivity index (χ1v) is 7.57. The highest BCUT2D eigenvalue weighted by Crippen LogP contribution is 2.18. The van der Waals surface area contributed by atoms with Gasteiger partial charge >= 0.3 is 5.97 Å². The predicted molar refractivity (Wildman–Crippen MR) is 88.8 cm³/mol. The highest BCUT2D eigenvalue weighted by molar-refractivity contribution is 9.10. The first kappa shape index (κ1) is 16.7. The number of nitrogens with zero attached hydrogens (tertiary/aromatic N) is 1. The summed E-state index contributed by atoms with van der Waals surface area (Å²) in [6.07, 6.45) is -0.999. The van der Waals surface area contributed by atoms with E-state index in [9.17, 15) is 9.59 Å². The summed E-state index contributed by atoms with van der Waals surface area (Å²) < 4.78 is 5.75. The molecule has 116 valence electrons. The summed E-state index contributed by atoms with van der Waals surface area (Å²) in [6.45, 7) is 1.47. The lowest BCUT2D eigenvalue weighted by molar-refractivity contribution is -0.123. The molecule has 5 nitrogen and oxygen atoms in total. The molecule has 0 radical (unpaired) electrons. The van der Waals surface area contributed by atoms with Gasteiger partial charge in [-0.05, 0) is 47.1 Å². The second kappa shape index (κ2) is 7.56. The summed E-state index contributed by atoms with van der Waals surface area (Å²) in [6, 6.07) is 15.4. The van der Waals surface area contributed by atoms with Crippen LogP contribution in [0.1, 0.15) is 22.8 Å². The van der Waals surface area contributed by atoms with Crippen molar-refractivity contribution in [2.45, 2.75) is 13.0 Å². The number of para-hydroxylation sites is 1. The molecule has 0 saturated carbocycles. The predicted octanol–water partition coefficient (Wildman–Crippen LogP) is 3.50. The number of benzene rings is 2. The van der Waals surface area contributed by atoms with Crippen LogP contribution in [-0.4, -0.2) is 18.0 Å². The van der Waals surface area contributed by atoms with Gasteiger partial charge in [0.05, 0.1) is 16.8 Å². The minimum Gasteiger partial charge on any atom is -0.449 e. The van der Waals surface area contributed by atoms with Gasteiger partial charge in [0.25, 0.3) is 5.91 Å². The molecule has 1 atom stereocenters. The van der Waals surface area contributed by atoms with Crippen LogP contribution in [0.4, 0.5) is 5.69 Å². The molecule has 23 heavy (non-hydrogen) atoms. The molecule has 1 amide bonds. The molecule has 0 aliphatic heterocycles. The van der Waals surface area contributed by atoms with E-state index >= 15 is 0 Å². The highest BCUT2D eigenvalue weighted by Gasteiger charge is 2.20. The first-order valence-electron chi connectivity index (χ1n) is 6.78. The van der Waals surface area contributed by atoms with Gasteiger partial charge in [0.1, 0.15) is 6.07 Å². The molecule has 0 bridgehead atoms. The number of halogens is 1. The average Bonchev–Trinajstić information content (AvgIpc) is 2.55. The molecule has 2 aromatic carbocycles. The van der Waals surface area contributed by atoms with Crippen molar-refractivity contribution in [2.75, 3.05) is 5.32 Å². The maximum absolute atomic E-state index is 12.1. The molecule has 0 heterocycles. The number of nitriles is 1. The fraction of sp³-hybridized carbons (Fsp3) is 0.118. The van der Waals surface area contributed by atoms with Crippen molar-refractivity contribution < 1.29 is 14.3 Å². The van der Waals surface area contributed by atoms with Gasteiger partial charge in [-0.15, -0.1) is 0 Å². The van der Waals surface area contributed by atoms with Crippen molar-refractivity contribution in [3.05, 3.63) is 64.1 Å². The maximum atomic E-state index is 12.1. The molecule has 0 spiro atoms. The van der Waals surface area contributed by atoms with Gasteiger partial charge < -0.3 is 10.1 Å². The van der Waals surface area contributed by atoms with E-state index in [0.29, 0.717) is 21.3 Å². The largest absolute Gasteiger partial charge is 0.449 e. The Hall–Kier alpha value is -2.65. The molecule has 6 heteroatoms. The zero-order chi connectivity index (χ0) is 16.8. The third-order valence-electron chi connectivity index (χ3n) is 3.05. The van der Waals surface area contributed by atoms with Gasteiger partial charge in [-0.25, -0.2) is 4.79 Å². The Labute approximate surface area is 142 Å². The summed E-state index contributed by atoms with van der Waals surface area (Å²) in [5.74, 6) is -1.11. The summed E-state index contributed by atoms with van der Waals surface area (Å²) in [7, 11) is 0. The van der Waals surface area contributed by atoms with E-state index in [2.05, 4.69) is 21.2 Å². The van der Waals surface area contributed by atoms with E-state index < -0.39 is 18.0 Å². The van der Waals surface area contributed by atoms with Crippen molar-refractivity contribution in [3.63, 3.8) is 0 Å². The number of ether oxygens (including phenoxy) is 1. The fourth-order valence-corrected chi connectivity index (χ4v) is 2.27. The van der Waals surface area contributed by atoms with Crippen LogP contribution >= 0.6 is 15.9 Å². The Kier molecular flexibility index (Phi) is 5.50. The number of hydrogen-bond acceptors (Lipinski definition) is 4. The number of rotatable bonds is 4. The molecule has 0 saturated heterocycles. The number of carbonyl (C=O) groups excluding carboxylic acids is 2. The Balaban J connectivity index is 2.05. The Bertz CT molecular complexity index is 783. The SMILES string of the molecule is C[C@@H](OC(=O)c1ccccc1Br)C(=O)Nc1ccccc1C#N. The summed E-state index contributed by atoms with van der Waals surface area (Å²) >= 11 is 3.26. The van der Waals surface area contributed by atoms with E-state index in [0.717, 1.165) is 0 Å². The zero-order valence-corrected chi connectivity index (χ0v) is 13.8. The van der Waals surface area contributed by atoms with E-state index in [4.69, 9.17) is 10.00 Å². The molecule has 0 unspecified atom stereocenters. The van der Waals surface area contributed by atoms with Gasteiger partial charge in [0.2, 0.25) is 0 Å². The standard InChI is InChI=1S/C17H13BrN2O3/c1-11(23-17(22)13-7-3-4-8-14(13)18)16(21)20-15-9-5-2-6-12(15)10-19/h2-9,11H,1H3,(H,20,21)/t11-/m1/s1. The van der Waals surface area contributed by atoms with Crippen LogP contribution in [-0.2, 0) is 9.53 Å². The van der Waals surface area contributed by atoms with Gasteiger partial charge in [-0.1, -0.05) is 24.3 Å². The van der Waals surface area contributed by atoms with Gasteiger partial charge in [0.15, 0.2) is 6.10 Å². The van der Waals surface area contributed by atoms with Gasteiger partial charge in [-0.2, -0.15) is 5.26 Å². The first-order chi connectivity index (χ1) is 11.0. The molecule has 1 N–H and O–H groups in total. The number of esters is 1. The van der Waals surface area contributed by atoms with Crippen LogP contribution in [0.3, 0.4) is 0 Å². The molecule has 2 rings (SSSR count). The topological polar surface area (TPSA) is 79.2 Å². The van der Waals surface area contributed by atoms with Crippen molar-refractivity contribution in [1.82, 2.24) is 0 Å². The monoisotopic (exact) mass is 372 g/mol. The molecular weight excluding hydrogens is 360 g/mol. The lowest BCUT2D eigenvalue weighted by atomic mass is 10.2. The van der Waals surface area contributed by atoms with Gasteiger partial charge in [-0.3, -0.25) is 4.79 Å². The number of hydrogen-bond donors (Lipinski definition) is 1. The van der Waals surface area contributed by atoms with Crippen LogP contribution in [0.25, 0.3) is 0 Å². The molecule has 0 aromatic heterocycles. The van der Waals surface area contributed by atoms with E-state index in [1.165, 1.54) is 6.92 Å². The highest BCUT2D eigenvalue weighted by atomic mass is 79.9. The minimum atomic E-state index is -0.999. The molecule has 0 fully saturated rings. The van der Waals surface area contributed by atoms with E-state index in [-0.39, 0.29) is 0 Å². The summed E-state index contributed by atoms with van der Waals surface area (Å²) in [5.41, 5.74) is 1.05. The zero-order valence-electron chi connectivity index (χ0n) is 12.2. The fourth-order valence-electron chi connectivity index (χ4n) is 1.83. The van der Waals surface area contributed by atoms with Crippen molar-refractivity contribution in [1.29, 1.82) is 5.26 Å². The Morgan fingerprint density at radius 3 is 2.52 bits per heavy atom. The normalized spacial score (nSPS) is 11.2.